The van der Waals surface area contributed by atoms with Crippen molar-refractivity contribution in [3.05, 3.63) is 0 Å². The molecule has 5 nitrogen and oxygen atoms in total. The van der Waals surface area contributed by atoms with E-state index in [0.717, 1.165) is 25.7 Å². The third kappa shape index (κ3) is 41.3. The monoisotopic (exact) mass is 642 g/mol. The molecule has 0 aromatic rings. The van der Waals surface area contributed by atoms with Crippen LogP contribution in [0, 0.1) is 5.92 Å². The van der Waals surface area contributed by atoms with Crippen molar-refractivity contribution < 1.29 is 20.3 Å². The molecule has 0 aliphatic heterocycles. The van der Waals surface area contributed by atoms with E-state index in [4.69, 9.17) is 5.11 Å². The Balaban J connectivity index is 0. The van der Waals surface area contributed by atoms with Crippen LogP contribution < -0.4 is 0 Å². The van der Waals surface area contributed by atoms with Gasteiger partial charge in [-0.1, -0.05) is 226 Å². The van der Waals surface area contributed by atoms with Crippen molar-refractivity contribution in [1.82, 2.24) is 5.23 Å². The van der Waals surface area contributed by atoms with E-state index in [1.807, 2.05) is 13.8 Å². The van der Waals surface area contributed by atoms with Gasteiger partial charge in [-0.25, -0.2) is 0 Å². The van der Waals surface area contributed by atoms with Gasteiger partial charge in [0.05, 0.1) is 6.04 Å². The highest BCUT2D eigenvalue weighted by molar-refractivity contribution is 5.66. The number of hydroxylamine groups is 2. The molecular formula is C40H83NO4. The molecule has 0 fully saturated rings. The number of carbonyl (C=O) groups is 1. The minimum atomic E-state index is -0.653. The molecule has 0 saturated heterocycles. The van der Waals surface area contributed by atoms with Crippen molar-refractivity contribution >= 4 is 5.97 Å². The van der Waals surface area contributed by atoms with Crippen molar-refractivity contribution in [2.75, 3.05) is 0 Å². The van der Waals surface area contributed by atoms with Gasteiger partial charge < -0.3 is 5.11 Å². The van der Waals surface area contributed by atoms with Crippen molar-refractivity contribution in [2.45, 2.75) is 246 Å². The molecule has 5 heteroatoms. The van der Waals surface area contributed by atoms with Crippen molar-refractivity contribution in [3.63, 3.8) is 0 Å². The van der Waals surface area contributed by atoms with Crippen LogP contribution in [-0.4, -0.2) is 32.8 Å². The minimum absolute atomic E-state index is 0.119. The topological polar surface area (TPSA) is 81.0 Å². The number of hydrogen-bond donors (Lipinski definition) is 3. The van der Waals surface area contributed by atoms with Crippen LogP contribution in [0.25, 0.3) is 0 Å². The van der Waals surface area contributed by atoms with Gasteiger partial charge in [0, 0.05) is 6.42 Å². The van der Waals surface area contributed by atoms with E-state index in [1.165, 1.54) is 180 Å². The number of hydrogen-bond acceptors (Lipinski definition) is 4. The lowest BCUT2D eigenvalue weighted by atomic mass is 9.97. The van der Waals surface area contributed by atoms with E-state index < -0.39 is 5.97 Å². The van der Waals surface area contributed by atoms with Crippen LogP contribution in [0.15, 0.2) is 0 Å². The van der Waals surface area contributed by atoms with E-state index in [2.05, 4.69) is 13.8 Å². The smallest absolute Gasteiger partial charge is 0.303 e. The third-order valence-electron chi connectivity index (χ3n) is 9.41. The Morgan fingerprint density at radius 1 is 0.444 bits per heavy atom. The molecule has 0 spiro atoms. The Labute approximate surface area is 282 Å². The number of nitrogens with zero attached hydrogens (tertiary/aromatic N) is 1. The normalized spacial score (nSPS) is 12.1. The summed E-state index contributed by atoms with van der Waals surface area (Å²) in [4.78, 5) is 10.3. The lowest BCUT2D eigenvalue weighted by Gasteiger charge is -2.23. The molecule has 0 aliphatic rings. The lowest BCUT2D eigenvalue weighted by molar-refractivity contribution is -0.339. The molecule has 0 heterocycles. The SMILES string of the molecule is CCCCCCCCCCCCCCCCCC(=O)O.CCCCCCCCCCCCCCCCCCC(C(C)C)N(O)O. The zero-order valence-corrected chi connectivity index (χ0v) is 31.2. The second kappa shape index (κ2) is 39.5. The first-order chi connectivity index (χ1) is 21.9. The largest absolute Gasteiger partial charge is 0.481 e. The molecule has 0 aliphatic carbocycles. The molecular weight excluding hydrogens is 558 g/mol. The maximum Gasteiger partial charge on any atom is 0.303 e. The van der Waals surface area contributed by atoms with Crippen molar-refractivity contribution in [1.29, 1.82) is 0 Å². The molecule has 1 atom stereocenters. The Morgan fingerprint density at radius 2 is 0.689 bits per heavy atom. The van der Waals surface area contributed by atoms with Crippen LogP contribution in [0.1, 0.15) is 240 Å². The van der Waals surface area contributed by atoms with Crippen LogP contribution in [0.5, 0.6) is 0 Å². The van der Waals surface area contributed by atoms with Crippen LogP contribution >= 0.6 is 0 Å². The first-order valence-corrected chi connectivity index (χ1v) is 20.2. The van der Waals surface area contributed by atoms with Crippen LogP contribution in [0.2, 0.25) is 0 Å². The highest BCUT2D eigenvalue weighted by atomic mass is 16.8. The first kappa shape index (κ1) is 46.5. The summed E-state index contributed by atoms with van der Waals surface area (Å²) in [6.07, 6.45) is 43.0. The molecule has 1 unspecified atom stereocenters. The summed E-state index contributed by atoms with van der Waals surface area (Å²) in [5.74, 6) is -0.369. The van der Waals surface area contributed by atoms with E-state index in [9.17, 15) is 15.2 Å². The van der Waals surface area contributed by atoms with Crippen molar-refractivity contribution in [2.24, 2.45) is 5.92 Å². The third-order valence-corrected chi connectivity index (χ3v) is 9.41. The zero-order valence-electron chi connectivity index (χ0n) is 31.2. The molecule has 45 heavy (non-hydrogen) atoms. The predicted molar refractivity (Wildman–Crippen MR) is 195 cm³/mol. The molecule has 0 aromatic carbocycles. The summed E-state index contributed by atoms with van der Waals surface area (Å²) in [6.45, 7) is 8.63. The van der Waals surface area contributed by atoms with Gasteiger partial charge >= 0.3 is 5.97 Å². The number of aliphatic carboxylic acids is 1. The molecule has 0 aromatic heterocycles. The fourth-order valence-electron chi connectivity index (χ4n) is 6.26. The molecule has 272 valence electrons. The van der Waals surface area contributed by atoms with Gasteiger partial charge in [-0.05, 0) is 18.8 Å². The first-order valence-electron chi connectivity index (χ1n) is 20.2. The Hall–Kier alpha value is -0.650. The maximum atomic E-state index is 10.3. The quantitative estimate of drug-likeness (QED) is 0.0474. The summed E-state index contributed by atoms with van der Waals surface area (Å²) in [5.41, 5.74) is 0. The van der Waals surface area contributed by atoms with E-state index in [1.54, 1.807) is 0 Å². The fraction of sp³-hybridized carbons (Fsp3) is 0.975. The lowest BCUT2D eigenvalue weighted by Crippen LogP contribution is -2.33. The summed E-state index contributed by atoms with van der Waals surface area (Å²) < 4.78 is 0. The molecule has 3 N–H and O–H groups in total. The number of unbranched alkanes of at least 4 members (excludes halogenated alkanes) is 29. The van der Waals surface area contributed by atoms with Gasteiger partial charge in [-0.2, -0.15) is 0 Å². The van der Waals surface area contributed by atoms with Gasteiger partial charge in [0.25, 0.3) is 0 Å². The highest BCUT2D eigenvalue weighted by Gasteiger charge is 2.18. The van der Waals surface area contributed by atoms with Crippen LogP contribution in [0.3, 0.4) is 0 Å². The molecule has 0 rings (SSSR count). The summed E-state index contributed by atoms with van der Waals surface area (Å²) in [5, 5.41) is 27.3. The Kier molecular flexibility index (Phi) is 40.8. The van der Waals surface area contributed by atoms with E-state index in [0.29, 0.717) is 11.6 Å². The van der Waals surface area contributed by atoms with Gasteiger partial charge in [0.1, 0.15) is 0 Å². The molecule has 0 bridgehead atoms. The highest BCUT2D eigenvalue weighted by Crippen LogP contribution is 2.18. The van der Waals surface area contributed by atoms with Gasteiger partial charge in [0.2, 0.25) is 0 Å². The zero-order chi connectivity index (χ0) is 33.6. The van der Waals surface area contributed by atoms with Gasteiger partial charge in [-0.15, -0.1) is 0 Å². The molecule has 0 radical (unpaired) electrons. The van der Waals surface area contributed by atoms with E-state index in [-0.39, 0.29) is 12.0 Å². The van der Waals surface area contributed by atoms with Gasteiger partial charge in [-0.3, -0.25) is 15.2 Å². The second-order valence-electron chi connectivity index (χ2n) is 14.3. The molecule has 0 saturated carbocycles. The fourth-order valence-corrected chi connectivity index (χ4v) is 6.26. The van der Waals surface area contributed by atoms with Crippen LogP contribution in [-0.2, 0) is 4.79 Å². The summed E-state index contributed by atoms with van der Waals surface area (Å²) >= 11 is 0. The number of rotatable bonds is 35. The minimum Gasteiger partial charge on any atom is -0.481 e. The van der Waals surface area contributed by atoms with Crippen LogP contribution in [0.4, 0.5) is 0 Å². The number of carboxylic acids is 1. The Morgan fingerprint density at radius 3 is 0.911 bits per heavy atom. The number of carboxylic acid groups (broad SMARTS) is 1. The Bertz CT molecular complexity index is 546. The standard InChI is InChI=1S/C22H47NO2.C18H36O2/c1-4-5-6-7-8-9-10-11-12-13-14-15-16-17-18-19-20-22(21(2)3)23(24)25;1-2-3-4-5-6-7-8-9-10-11-12-13-14-15-16-17-18(19)20/h21-22,24-25H,4-20H2,1-3H3;2-17H2,1H3,(H,19,20). The predicted octanol–water partition coefficient (Wildman–Crippen LogP) is 14.1. The van der Waals surface area contributed by atoms with Gasteiger partial charge in [0.15, 0.2) is 0 Å². The maximum absolute atomic E-state index is 10.3. The van der Waals surface area contributed by atoms with E-state index >= 15 is 0 Å². The summed E-state index contributed by atoms with van der Waals surface area (Å²) in [7, 11) is 0. The average Bonchev–Trinajstić information content (AvgIpc) is 3.00. The summed E-state index contributed by atoms with van der Waals surface area (Å²) in [6, 6.07) is -0.119. The average molecular weight is 642 g/mol. The molecule has 0 amide bonds. The second-order valence-corrected chi connectivity index (χ2v) is 14.3. The van der Waals surface area contributed by atoms with Crippen molar-refractivity contribution in [3.8, 4) is 0 Å².